The molecule has 0 bridgehead atoms. The van der Waals surface area contributed by atoms with Crippen LogP contribution in [0.15, 0.2) is 11.0 Å². The smallest absolute Gasteiger partial charge is 0.345 e. The van der Waals surface area contributed by atoms with E-state index in [9.17, 15) is 18.3 Å². The van der Waals surface area contributed by atoms with Gasteiger partial charge in [0.05, 0.1) is 17.0 Å². The summed E-state index contributed by atoms with van der Waals surface area (Å²) in [5.74, 6) is -1.13. The summed E-state index contributed by atoms with van der Waals surface area (Å²) < 4.78 is 26.5. The van der Waals surface area contributed by atoms with Crippen LogP contribution in [0.3, 0.4) is 0 Å². The molecule has 0 aliphatic heterocycles. The Morgan fingerprint density at radius 1 is 1.38 bits per heavy atom. The van der Waals surface area contributed by atoms with Gasteiger partial charge in [0.15, 0.2) is 0 Å². The standard InChI is InChI=1S/C13H19NO5S2/c1-8-12(7-11(20-8)13(16)17)21(18,19)14(2)9-5-3-4-6-10(9)15/h7,9-10,15H,3-6H2,1-2H3,(H,16,17). The van der Waals surface area contributed by atoms with Crippen molar-refractivity contribution in [2.24, 2.45) is 0 Å². The first-order valence-corrected chi connectivity index (χ1v) is 9.00. The highest BCUT2D eigenvalue weighted by Crippen LogP contribution is 2.31. The van der Waals surface area contributed by atoms with Crippen LogP contribution in [0.25, 0.3) is 0 Å². The van der Waals surface area contributed by atoms with Crippen LogP contribution in [-0.4, -0.2) is 48.1 Å². The van der Waals surface area contributed by atoms with E-state index < -0.39 is 28.1 Å². The molecule has 0 saturated heterocycles. The molecule has 2 atom stereocenters. The Balaban J connectivity index is 2.34. The number of sulfonamides is 1. The second kappa shape index (κ2) is 6.04. The highest BCUT2D eigenvalue weighted by molar-refractivity contribution is 7.89. The maximum atomic E-state index is 12.7. The van der Waals surface area contributed by atoms with E-state index >= 15 is 0 Å². The van der Waals surface area contributed by atoms with Crippen LogP contribution in [0, 0.1) is 6.92 Å². The highest BCUT2D eigenvalue weighted by atomic mass is 32.2. The Labute approximate surface area is 128 Å². The number of rotatable bonds is 4. The van der Waals surface area contributed by atoms with Gasteiger partial charge in [-0.3, -0.25) is 0 Å². The number of aliphatic hydroxyl groups excluding tert-OH is 1. The highest BCUT2D eigenvalue weighted by Gasteiger charge is 2.35. The second-order valence-electron chi connectivity index (χ2n) is 5.28. The second-order valence-corrected chi connectivity index (χ2v) is 8.50. The average molecular weight is 333 g/mol. The predicted octanol–water partition coefficient (Wildman–Crippen LogP) is 1.68. The van der Waals surface area contributed by atoms with E-state index in [0.717, 1.165) is 24.2 Å². The molecule has 1 fully saturated rings. The van der Waals surface area contributed by atoms with Crippen molar-refractivity contribution >= 4 is 27.3 Å². The van der Waals surface area contributed by atoms with Gasteiger partial charge in [0.2, 0.25) is 10.0 Å². The topological polar surface area (TPSA) is 94.9 Å². The van der Waals surface area contributed by atoms with Crippen molar-refractivity contribution < 1.29 is 23.4 Å². The molecule has 0 spiro atoms. The maximum absolute atomic E-state index is 12.7. The molecule has 118 valence electrons. The fraction of sp³-hybridized carbons (Fsp3) is 0.615. The Morgan fingerprint density at radius 3 is 2.52 bits per heavy atom. The minimum atomic E-state index is -3.79. The molecular formula is C13H19NO5S2. The predicted molar refractivity (Wildman–Crippen MR) is 79.2 cm³/mol. The number of nitrogens with zero attached hydrogens (tertiary/aromatic N) is 1. The van der Waals surface area contributed by atoms with E-state index in [-0.39, 0.29) is 9.77 Å². The van der Waals surface area contributed by atoms with Crippen LogP contribution in [-0.2, 0) is 10.0 Å². The molecule has 2 unspecified atom stereocenters. The molecule has 0 amide bonds. The molecule has 8 heteroatoms. The lowest BCUT2D eigenvalue weighted by Crippen LogP contribution is -2.46. The minimum absolute atomic E-state index is 0.00340. The van der Waals surface area contributed by atoms with Gasteiger partial charge in [-0.15, -0.1) is 11.3 Å². The van der Waals surface area contributed by atoms with Crippen LogP contribution in [0.4, 0.5) is 0 Å². The van der Waals surface area contributed by atoms with Crippen molar-refractivity contribution in [3.05, 3.63) is 15.8 Å². The van der Waals surface area contributed by atoms with Gasteiger partial charge in [0.25, 0.3) is 0 Å². The number of thiophene rings is 1. The number of aryl methyl sites for hydroxylation is 1. The molecule has 2 rings (SSSR count). The number of aliphatic hydroxyl groups is 1. The number of carboxylic acids is 1. The van der Waals surface area contributed by atoms with Crippen LogP contribution in [0.2, 0.25) is 0 Å². The zero-order chi connectivity index (χ0) is 15.8. The number of hydrogen-bond donors (Lipinski definition) is 2. The van der Waals surface area contributed by atoms with E-state index in [0.29, 0.717) is 17.7 Å². The third kappa shape index (κ3) is 3.13. The summed E-state index contributed by atoms with van der Waals surface area (Å²) >= 11 is 0.946. The lowest BCUT2D eigenvalue weighted by molar-refractivity contribution is 0.0637. The Hall–Kier alpha value is -0.960. The van der Waals surface area contributed by atoms with Crippen LogP contribution < -0.4 is 0 Å². The third-order valence-electron chi connectivity index (χ3n) is 3.90. The first kappa shape index (κ1) is 16.4. The summed E-state index contributed by atoms with van der Waals surface area (Å²) in [6.07, 6.45) is 2.31. The van der Waals surface area contributed by atoms with Crippen molar-refractivity contribution in [3.8, 4) is 0 Å². The zero-order valence-electron chi connectivity index (χ0n) is 11.9. The first-order chi connectivity index (χ1) is 9.75. The number of carbonyl (C=O) groups is 1. The van der Waals surface area contributed by atoms with Crippen molar-refractivity contribution in [3.63, 3.8) is 0 Å². The van der Waals surface area contributed by atoms with Gasteiger partial charge in [0.1, 0.15) is 4.88 Å². The lowest BCUT2D eigenvalue weighted by atomic mass is 9.93. The van der Waals surface area contributed by atoms with Gasteiger partial charge in [-0.1, -0.05) is 12.8 Å². The molecule has 1 aromatic heterocycles. The molecule has 1 saturated carbocycles. The molecule has 0 radical (unpaired) electrons. The van der Waals surface area contributed by atoms with Gasteiger partial charge >= 0.3 is 5.97 Å². The summed E-state index contributed by atoms with van der Waals surface area (Å²) in [4.78, 5) is 11.4. The quantitative estimate of drug-likeness (QED) is 0.874. The number of likely N-dealkylation sites (N-methyl/N-ethyl adjacent to an activating group) is 1. The van der Waals surface area contributed by atoms with Crippen LogP contribution >= 0.6 is 11.3 Å². The molecule has 1 aromatic rings. The normalized spacial score (nSPS) is 23.4. The van der Waals surface area contributed by atoms with E-state index in [4.69, 9.17) is 5.11 Å². The van der Waals surface area contributed by atoms with Crippen molar-refractivity contribution in [1.82, 2.24) is 4.31 Å². The van der Waals surface area contributed by atoms with Crippen LogP contribution in [0.5, 0.6) is 0 Å². The molecule has 0 aromatic carbocycles. The van der Waals surface area contributed by atoms with Crippen molar-refractivity contribution in [2.45, 2.75) is 49.6 Å². The molecule has 1 aliphatic rings. The van der Waals surface area contributed by atoms with Gasteiger partial charge in [-0.05, 0) is 25.8 Å². The van der Waals surface area contributed by atoms with Crippen molar-refractivity contribution in [2.75, 3.05) is 7.05 Å². The molecular weight excluding hydrogens is 314 g/mol. The van der Waals surface area contributed by atoms with E-state index in [1.54, 1.807) is 6.92 Å². The SMILES string of the molecule is Cc1sc(C(=O)O)cc1S(=O)(=O)N(C)C1CCCCC1O. The van der Waals surface area contributed by atoms with E-state index in [1.165, 1.54) is 17.4 Å². The van der Waals surface area contributed by atoms with Gasteiger partial charge in [-0.25, -0.2) is 13.2 Å². The molecule has 1 aliphatic carbocycles. The van der Waals surface area contributed by atoms with Gasteiger partial charge in [0, 0.05) is 11.9 Å². The van der Waals surface area contributed by atoms with E-state index in [1.807, 2.05) is 0 Å². The Bertz CT molecular complexity index is 637. The summed E-state index contributed by atoms with van der Waals surface area (Å²) in [5.41, 5.74) is 0. The van der Waals surface area contributed by atoms with Crippen molar-refractivity contribution in [1.29, 1.82) is 0 Å². The summed E-state index contributed by atoms with van der Waals surface area (Å²) in [7, 11) is -2.34. The Kier molecular flexibility index (Phi) is 4.72. The largest absolute Gasteiger partial charge is 0.477 e. The minimum Gasteiger partial charge on any atom is -0.477 e. The Morgan fingerprint density at radius 2 is 2.00 bits per heavy atom. The molecule has 1 heterocycles. The number of hydrogen-bond acceptors (Lipinski definition) is 5. The third-order valence-corrected chi connectivity index (χ3v) is 7.08. The molecule has 2 N–H and O–H groups in total. The lowest BCUT2D eigenvalue weighted by Gasteiger charge is -2.34. The number of aromatic carboxylic acids is 1. The fourth-order valence-electron chi connectivity index (χ4n) is 2.68. The van der Waals surface area contributed by atoms with Gasteiger partial charge < -0.3 is 10.2 Å². The number of carboxylic acid groups (broad SMARTS) is 1. The van der Waals surface area contributed by atoms with E-state index in [2.05, 4.69) is 0 Å². The summed E-state index contributed by atoms with van der Waals surface area (Å²) in [6, 6.07) is 0.750. The monoisotopic (exact) mass is 333 g/mol. The summed E-state index contributed by atoms with van der Waals surface area (Å²) in [5, 5.41) is 19.0. The average Bonchev–Trinajstić information content (AvgIpc) is 2.81. The fourth-order valence-corrected chi connectivity index (χ4v) is 5.49. The summed E-state index contributed by atoms with van der Waals surface area (Å²) in [6.45, 7) is 1.59. The maximum Gasteiger partial charge on any atom is 0.345 e. The first-order valence-electron chi connectivity index (χ1n) is 6.75. The van der Waals surface area contributed by atoms with Gasteiger partial charge in [-0.2, -0.15) is 4.31 Å². The molecule has 6 nitrogen and oxygen atoms in total. The van der Waals surface area contributed by atoms with Crippen LogP contribution in [0.1, 0.15) is 40.2 Å². The molecule has 21 heavy (non-hydrogen) atoms. The zero-order valence-corrected chi connectivity index (χ0v) is 13.6.